The third kappa shape index (κ3) is 27.9. The molecule has 0 spiro atoms. The molecule has 0 saturated carbocycles. The zero-order valence-electron chi connectivity index (χ0n) is 36.5. The number of hydrogen-bond acceptors (Lipinski definition) is 9. The summed E-state index contributed by atoms with van der Waals surface area (Å²) < 4.78 is 11.2. The molecule has 1 fully saturated rings. The van der Waals surface area contributed by atoms with E-state index in [0.717, 1.165) is 70.6 Å². The average molecular weight is 812 g/mol. The predicted molar refractivity (Wildman–Crippen MR) is 232 cm³/mol. The van der Waals surface area contributed by atoms with Crippen molar-refractivity contribution in [3.63, 3.8) is 0 Å². The van der Waals surface area contributed by atoms with Gasteiger partial charge in [-0.2, -0.15) is 0 Å². The Hall–Kier alpha value is -1.37. The maximum Gasteiger partial charge on any atom is 0.249 e. The molecule has 1 heterocycles. The van der Waals surface area contributed by atoms with E-state index >= 15 is 0 Å². The van der Waals surface area contributed by atoms with Gasteiger partial charge >= 0.3 is 0 Å². The minimum atomic E-state index is -1.60. The van der Waals surface area contributed by atoms with Crippen molar-refractivity contribution < 1.29 is 44.9 Å². The number of nitrogens with one attached hydrogen (secondary N) is 1. The summed E-state index contributed by atoms with van der Waals surface area (Å²) in [5.41, 5.74) is 0. The third-order valence-electron chi connectivity index (χ3n) is 11.4. The van der Waals surface area contributed by atoms with Crippen LogP contribution >= 0.6 is 0 Å². The van der Waals surface area contributed by atoms with Crippen molar-refractivity contribution in [2.24, 2.45) is 0 Å². The van der Waals surface area contributed by atoms with Crippen molar-refractivity contribution in [1.82, 2.24) is 5.32 Å². The third-order valence-corrected chi connectivity index (χ3v) is 11.4. The van der Waals surface area contributed by atoms with Crippen LogP contribution < -0.4 is 5.32 Å². The Kier molecular flexibility index (Phi) is 35.4. The van der Waals surface area contributed by atoms with Gasteiger partial charge in [-0.3, -0.25) is 4.79 Å². The summed E-state index contributed by atoms with van der Waals surface area (Å²) in [6.45, 7) is 3.64. The van der Waals surface area contributed by atoms with Crippen LogP contribution in [0.25, 0.3) is 0 Å². The van der Waals surface area contributed by atoms with E-state index in [1.807, 2.05) is 0 Å². The van der Waals surface area contributed by atoms with Gasteiger partial charge in [0, 0.05) is 0 Å². The molecule has 0 aliphatic carbocycles. The number of carbonyl (C=O) groups is 1. The number of rotatable bonds is 39. The Balaban J connectivity index is 2.39. The highest BCUT2D eigenvalue weighted by molar-refractivity contribution is 5.80. The van der Waals surface area contributed by atoms with Crippen molar-refractivity contribution in [1.29, 1.82) is 0 Å². The van der Waals surface area contributed by atoms with Crippen LogP contribution in [-0.4, -0.2) is 98.7 Å². The van der Waals surface area contributed by atoms with E-state index in [1.54, 1.807) is 0 Å². The molecule has 1 saturated heterocycles. The fraction of sp³-hybridized carbons (Fsp3) is 0.894. The lowest BCUT2D eigenvalue weighted by molar-refractivity contribution is -0.302. The first-order valence-electron chi connectivity index (χ1n) is 23.6. The molecule has 10 heteroatoms. The van der Waals surface area contributed by atoms with E-state index in [9.17, 15) is 35.4 Å². The topological polar surface area (TPSA) is 169 Å². The van der Waals surface area contributed by atoms with Gasteiger partial charge in [0.05, 0.1) is 25.4 Å². The standard InChI is InChI=1S/C47H89NO9/c1-3-5-7-9-11-13-15-17-19-21-23-25-27-29-31-33-35-40(50)39(38-56-47-45(54)44(53)43(52)42(37-49)57-47)48-46(55)41(51)36-34-32-30-28-26-24-22-20-18-16-14-12-10-8-6-4-2/h12,14,18,20,39-45,47,49-54H,3-11,13,15-17,19,21-38H2,1-2H3,(H,48,55)/b14-12-,20-18-. The molecule has 0 aromatic carbocycles. The molecule has 0 radical (unpaired) electrons. The van der Waals surface area contributed by atoms with Crippen molar-refractivity contribution >= 4 is 5.91 Å². The van der Waals surface area contributed by atoms with Gasteiger partial charge < -0.3 is 45.4 Å². The minimum Gasteiger partial charge on any atom is -0.394 e. The highest BCUT2D eigenvalue weighted by Crippen LogP contribution is 2.23. The molecule has 336 valence electrons. The molecular weight excluding hydrogens is 723 g/mol. The van der Waals surface area contributed by atoms with Gasteiger partial charge in [0.15, 0.2) is 6.29 Å². The Morgan fingerprint density at radius 1 is 0.596 bits per heavy atom. The number of hydrogen-bond donors (Lipinski definition) is 7. The van der Waals surface area contributed by atoms with Crippen LogP contribution in [0.3, 0.4) is 0 Å². The first-order chi connectivity index (χ1) is 27.8. The minimum absolute atomic E-state index is 0.258. The van der Waals surface area contributed by atoms with Crippen LogP contribution in [0.4, 0.5) is 0 Å². The molecule has 8 atom stereocenters. The largest absolute Gasteiger partial charge is 0.394 e. The van der Waals surface area contributed by atoms with Crippen molar-refractivity contribution in [3.05, 3.63) is 24.3 Å². The summed E-state index contributed by atoms with van der Waals surface area (Å²) in [6.07, 6.45) is 33.6. The number of aliphatic hydroxyl groups is 6. The van der Waals surface area contributed by atoms with Gasteiger partial charge in [0.2, 0.25) is 5.91 Å². The van der Waals surface area contributed by atoms with Crippen molar-refractivity contribution in [3.8, 4) is 0 Å². The number of carbonyl (C=O) groups excluding carboxylic acids is 1. The van der Waals surface area contributed by atoms with Crippen molar-refractivity contribution in [2.75, 3.05) is 13.2 Å². The lowest BCUT2D eigenvalue weighted by atomic mass is 9.99. The molecule has 0 aromatic heterocycles. The molecule has 1 rings (SSSR count). The summed E-state index contributed by atoms with van der Waals surface area (Å²) in [5, 5.41) is 64.9. The monoisotopic (exact) mass is 812 g/mol. The molecule has 57 heavy (non-hydrogen) atoms. The maximum absolute atomic E-state index is 13.1. The summed E-state index contributed by atoms with van der Waals surface area (Å²) in [4.78, 5) is 13.1. The number of unbranched alkanes of at least 4 members (excludes halogenated alkanes) is 24. The van der Waals surface area contributed by atoms with Gasteiger partial charge in [-0.25, -0.2) is 0 Å². The molecular formula is C47H89NO9. The Morgan fingerprint density at radius 3 is 1.54 bits per heavy atom. The van der Waals surface area contributed by atoms with E-state index < -0.39 is 61.5 Å². The lowest BCUT2D eigenvalue weighted by Gasteiger charge is -2.40. The second-order valence-corrected chi connectivity index (χ2v) is 16.7. The molecule has 1 amide bonds. The van der Waals surface area contributed by atoms with E-state index in [-0.39, 0.29) is 6.61 Å². The summed E-state index contributed by atoms with van der Waals surface area (Å²) in [7, 11) is 0. The smallest absolute Gasteiger partial charge is 0.249 e. The first kappa shape index (κ1) is 53.6. The Labute approximate surface area is 348 Å². The van der Waals surface area contributed by atoms with Crippen LogP contribution in [0.1, 0.15) is 206 Å². The maximum atomic E-state index is 13.1. The fourth-order valence-corrected chi connectivity index (χ4v) is 7.49. The van der Waals surface area contributed by atoms with Crippen molar-refractivity contribution in [2.45, 2.75) is 255 Å². The van der Waals surface area contributed by atoms with E-state index in [1.165, 1.54) is 103 Å². The zero-order valence-corrected chi connectivity index (χ0v) is 36.5. The van der Waals surface area contributed by atoms with E-state index in [4.69, 9.17) is 9.47 Å². The number of aliphatic hydroxyl groups excluding tert-OH is 6. The molecule has 0 bridgehead atoms. The van der Waals surface area contributed by atoms with E-state index in [2.05, 4.69) is 43.5 Å². The first-order valence-corrected chi connectivity index (χ1v) is 23.6. The second-order valence-electron chi connectivity index (χ2n) is 16.7. The van der Waals surface area contributed by atoms with Crippen LogP contribution in [0.2, 0.25) is 0 Å². The fourth-order valence-electron chi connectivity index (χ4n) is 7.49. The van der Waals surface area contributed by atoms with E-state index in [0.29, 0.717) is 19.3 Å². The molecule has 10 nitrogen and oxygen atoms in total. The Morgan fingerprint density at radius 2 is 1.04 bits per heavy atom. The number of allylic oxidation sites excluding steroid dienone is 4. The summed E-state index contributed by atoms with van der Waals surface area (Å²) in [5.74, 6) is -0.592. The number of amides is 1. The number of ether oxygens (including phenoxy) is 2. The Bertz CT molecular complexity index is 963. The second kappa shape index (κ2) is 37.6. The quantitative estimate of drug-likeness (QED) is 0.0237. The van der Waals surface area contributed by atoms with Crippen LogP contribution in [0.15, 0.2) is 24.3 Å². The molecule has 1 aliphatic heterocycles. The lowest BCUT2D eigenvalue weighted by Crippen LogP contribution is -2.60. The molecule has 8 unspecified atom stereocenters. The van der Waals surface area contributed by atoms with Gasteiger partial charge in [0.1, 0.15) is 30.5 Å². The van der Waals surface area contributed by atoms with Crippen LogP contribution in [0.5, 0.6) is 0 Å². The summed E-state index contributed by atoms with van der Waals surface area (Å²) in [6, 6.07) is -0.897. The molecule has 1 aliphatic rings. The van der Waals surface area contributed by atoms with Gasteiger partial charge in [-0.15, -0.1) is 0 Å². The highest BCUT2D eigenvalue weighted by atomic mass is 16.7. The molecule has 7 N–H and O–H groups in total. The van der Waals surface area contributed by atoms with Gasteiger partial charge in [-0.05, 0) is 44.9 Å². The SMILES string of the molecule is CCCCC/C=C\C/C=C\CCCCCCCCC(O)C(=O)NC(COC1OC(CO)C(O)C(O)C1O)C(O)CCCCCCCCCCCCCCCCCC. The van der Waals surface area contributed by atoms with Gasteiger partial charge in [-0.1, -0.05) is 186 Å². The summed E-state index contributed by atoms with van der Waals surface area (Å²) >= 11 is 0. The average Bonchev–Trinajstić information content (AvgIpc) is 3.21. The normalized spacial score (nSPS) is 21.7. The predicted octanol–water partition coefficient (Wildman–Crippen LogP) is 8.86. The van der Waals surface area contributed by atoms with Gasteiger partial charge in [0.25, 0.3) is 0 Å². The molecule has 0 aromatic rings. The zero-order chi connectivity index (χ0) is 41.8. The van der Waals surface area contributed by atoms with Crippen LogP contribution in [-0.2, 0) is 14.3 Å². The van der Waals surface area contributed by atoms with Crippen LogP contribution in [0, 0.1) is 0 Å². The highest BCUT2D eigenvalue weighted by Gasteiger charge is 2.44.